The molecular formula is C24H30ClF3N4O4S. The summed E-state index contributed by atoms with van der Waals surface area (Å²) >= 11 is 6.13. The normalized spacial score (nSPS) is 16.7. The zero-order valence-corrected chi connectivity index (χ0v) is 22.4. The molecule has 0 bridgehead atoms. The SMILES string of the molecule is C=C(C)/C(=C\C=C/C)S(=O)(=O)NC(=O)C/C(Cl)=N\C(=C/CC)n1ccc(OCCC2(C(F)(F)F)CC2)n1. The van der Waals surface area contributed by atoms with Gasteiger partial charge in [0.1, 0.15) is 5.17 Å². The topological polar surface area (TPSA) is 103 Å². The van der Waals surface area contributed by atoms with Crippen molar-refractivity contribution in [2.45, 2.75) is 59.1 Å². The lowest BCUT2D eigenvalue weighted by molar-refractivity contribution is -0.190. The average molecular weight is 563 g/mol. The van der Waals surface area contributed by atoms with Crippen LogP contribution in [0.2, 0.25) is 0 Å². The molecule has 1 aliphatic carbocycles. The third-order valence-corrected chi connectivity index (χ3v) is 7.19. The lowest BCUT2D eigenvalue weighted by Gasteiger charge is -2.18. The molecule has 1 heterocycles. The molecule has 13 heteroatoms. The first-order chi connectivity index (χ1) is 17.2. The van der Waals surface area contributed by atoms with Crippen molar-refractivity contribution in [2.24, 2.45) is 10.4 Å². The van der Waals surface area contributed by atoms with E-state index in [0.29, 0.717) is 6.42 Å². The lowest BCUT2D eigenvalue weighted by atomic mass is 10.0. The molecule has 0 radical (unpaired) electrons. The monoisotopic (exact) mass is 562 g/mol. The molecule has 0 unspecified atom stereocenters. The highest BCUT2D eigenvalue weighted by atomic mass is 35.5. The maximum absolute atomic E-state index is 13.1. The molecular weight excluding hydrogens is 533 g/mol. The maximum Gasteiger partial charge on any atom is 0.394 e. The lowest BCUT2D eigenvalue weighted by Crippen LogP contribution is -2.32. The summed E-state index contributed by atoms with van der Waals surface area (Å²) in [6, 6.07) is 1.47. The number of aliphatic imine (C=N–C) groups is 1. The summed E-state index contributed by atoms with van der Waals surface area (Å²) < 4.78 is 72.9. The van der Waals surface area contributed by atoms with Crippen molar-refractivity contribution in [3.05, 3.63) is 53.6 Å². The minimum Gasteiger partial charge on any atom is -0.477 e. The molecule has 1 N–H and O–H groups in total. The number of sulfonamides is 1. The van der Waals surface area contributed by atoms with Crippen LogP contribution in [0.1, 0.15) is 52.9 Å². The number of nitrogens with zero attached hydrogens (tertiary/aromatic N) is 3. The van der Waals surface area contributed by atoms with Crippen molar-refractivity contribution in [1.29, 1.82) is 0 Å². The Bertz CT molecular complexity index is 1230. The van der Waals surface area contributed by atoms with Crippen LogP contribution in [-0.4, -0.2) is 42.1 Å². The molecule has 8 nitrogen and oxygen atoms in total. The number of ether oxygens (including phenoxy) is 1. The minimum atomic E-state index is -4.25. The number of allylic oxidation sites excluding steroid dienone is 5. The van der Waals surface area contributed by atoms with E-state index in [-0.39, 0.29) is 53.2 Å². The molecule has 1 fully saturated rings. The number of amides is 1. The highest BCUT2D eigenvalue weighted by Crippen LogP contribution is 2.59. The van der Waals surface area contributed by atoms with Crippen LogP contribution in [0.15, 0.2) is 58.6 Å². The van der Waals surface area contributed by atoms with E-state index in [0.717, 1.165) is 0 Å². The van der Waals surface area contributed by atoms with Gasteiger partial charge in [0.15, 0.2) is 5.82 Å². The second-order valence-electron chi connectivity index (χ2n) is 8.48. The van der Waals surface area contributed by atoms with Gasteiger partial charge in [-0.05, 0) is 57.3 Å². The maximum atomic E-state index is 13.1. The van der Waals surface area contributed by atoms with E-state index in [1.807, 2.05) is 11.6 Å². The van der Waals surface area contributed by atoms with Crippen LogP contribution in [0, 0.1) is 5.41 Å². The van der Waals surface area contributed by atoms with Crippen molar-refractivity contribution in [3.63, 3.8) is 0 Å². The molecule has 0 aliphatic heterocycles. The van der Waals surface area contributed by atoms with Crippen LogP contribution in [-0.2, 0) is 14.8 Å². The van der Waals surface area contributed by atoms with Gasteiger partial charge in [-0.15, -0.1) is 5.10 Å². The molecule has 37 heavy (non-hydrogen) atoms. The zero-order chi connectivity index (χ0) is 27.9. The number of rotatable bonds is 13. The molecule has 204 valence electrons. The Balaban J connectivity index is 2.05. The van der Waals surface area contributed by atoms with Gasteiger partial charge in [0, 0.05) is 12.3 Å². The summed E-state index contributed by atoms with van der Waals surface area (Å²) in [4.78, 5) is 16.4. The van der Waals surface area contributed by atoms with Gasteiger partial charge in [0.05, 0.1) is 23.3 Å². The molecule has 2 rings (SSSR count). The van der Waals surface area contributed by atoms with Crippen LogP contribution in [0.25, 0.3) is 5.82 Å². The van der Waals surface area contributed by atoms with E-state index in [1.54, 1.807) is 19.1 Å². The molecule has 1 aromatic rings. The first-order valence-corrected chi connectivity index (χ1v) is 13.3. The van der Waals surface area contributed by atoms with E-state index in [9.17, 15) is 26.4 Å². The molecule has 0 aromatic carbocycles. The van der Waals surface area contributed by atoms with E-state index in [4.69, 9.17) is 16.3 Å². The Morgan fingerprint density at radius 3 is 2.62 bits per heavy atom. The summed E-state index contributed by atoms with van der Waals surface area (Å²) in [6.07, 6.45) is 3.37. The van der Waals surface area contributed by atoms with Crippen LogP contribution >= 0.6 is 11.6 Å². The number of hydrogen-bond acceptors (Lipinski definition) is 6. The predicted octanol–water partition coefficient (Wildman–Crippen LogP) is 5.71. The number of carbonyl (C=O) groups is 1. The van der Waals surface area contributed by atoms with Gasteiger partial charge < -0.3 is 4.74 Å². The Labute approximate surface area is 219 Å². The van der Waals surface area contributed by atoms with Crippen LogP contribution in [0.4, 0.5) is 13.2 Å². The van der Waals surface area contributed by atoms with Crippen molar-refractivity contribution in [1.82, 2.24) is 14.5 Å². The van der Waals surface area contributed by atoms with Crippen LogP contribution < -0.4 is 9.46 Å². The molecule has 1 saturated carbocycles. The van der Waals surface area contributed by atoms with Crippen molar-refractivity contribution < 1.29 is 31.1 Å². The largest absolute Gasteiger partial charge is 0.477 e. The fraction of sp³-hybridized carbons (Fsp3) is 0.458. The number of alkyl halides is 3. The van der Waals surface area contributed by atoms with E-state index in [1.165, 1.54) is 36.0 Å². The molecule has 1 aliphatic rings. The van der Waals surface area contributed by atoms with Gasteiger partial charge >= 0.3 is 6.18 Å². The fourth-order valence-corrected chi connectivity index (χ4v) is 4.65. The van der Waals surface area contributed by atoms with Gasteiger partial charge in [0.25, 0.3) is 10.0 Å². The van der Waals surface area contributed by atoms with E-state index < -0.39 is 33.9 Å². The quantitative estimate of drug-likeness (QED) is 0.245. The zero-order valence-electron chi connectivity index (χ0n) is 20.8. The highest BCUT2D eigenvalue weighted by Gasteiger charge is 2.62. The fourth-order valence-electron chi connectivity index (χ4n) is 3.24. The van der Waals surface area contributed by atoms with Gasteiger partial charge in [-0.2, -0.15) is 13.2 Å². The second kappa shape index (κ2) is 12.6. The number of halogens is 4. The Morgan fingerprint density at radius 1 is 1.41 bits per heavy atom. The van der Waals surface area contributed by atoms with Gasteiger partial charge in [-0.25, -0.2) is 22.8 Å². The molecule has 0 spiro atoms. The molecule has 0 atom stereocenters. The summed E-state index contributed by atoms with van der Waals surface area (Å²) in [7, 11) is -4.17. The summed E-state index contributed by atoms with van der Waals surface area (Å²) in [5.41, 5.74) is -1.42. The Kier molecular flexibility index (Phi) is 10.3. The summed E-state index contributed by atoms with van der Waals surface area (Å²) in [5, 5.41) is 3.95. The van der Waals surface area contributed by atoms with Gasteiger partial charge in [-0.1, -0.05) is 37.3 Å². The van der Waals surface area contributed by atoms with E-state index >= 15 is 0 Å². The minimum absolute atomic E-state index is 0.0976. The smallest absolute Gasteiger partial charge is 0.394 e. The second-order valence-corrected chi connectivity index (χ2v) is 10.6. The van der Waals surface area contributed by atoms with Crippen molar-refractivity contribution in [2.75, 3.05) is 6.61 Å². The average Bonchev–Trinajstić information content (AvgIpc) is 3.43. The Morgan fingerprint density at radius 2 is 2.08 bits per heavy atom. The Hall–Kier alpha value is -2.86. The van der Waals surface area contributed by atoms with Crippen LogP contribution in [0.5, 0.6) is 5.88 Å². The highest BCUT2D eigenvalue weighted by molar-refractivity contribution is 7.94. The first-order valence-electron chi connectivity index (χ1n) is 11.5. The van der Waals surface area contributed by atoms with Crippen molar-refractivity contribution in [3.8, 4) is 5.88 Å². The summed E-state index contributed by atoms with van der Waals surface area (Å²) in [6.45, 7) is 8.51. The van der Waals surface area contributed by atoms with Gasteiger partial charge in [-0.3, -0.25) is 4.79 Å². The predicted molar refractivity (Wildman–Crippen MR) is 137 cm³/mol. The van der Waals surface area contributed by atoms with Crippen LogP contribution in [0.3, 0.4) is 0 Å². The molecule has 1 amide bonds. The third-order valence-electron chi connectivity index (χ3n) is 5.41. The molecule has 0 saturated heterocycles. The molecule has 1 aromatic heterocycles. The van der Waals surface area contributed by atoms with E-state index in [2.05, 4.69) is 16.7 Å². The number of nitrogens with one attached hydrogen (secondary N) is 1. The first kappa shape index (κ1) is 30.4. The van der Waals surface area contributed by atoms with Crippen molar-refractivity contribution >= 4 is 38.5 Å². The van der Waals surface area contributed by atoms with Gasteiger partial charge in [0.2, 0.25) is 11.8 Å². The number of aromatic nitrogens is 2. The summed E-state index contributed by atoms with van der Waals surface area (Å²) in [5.74, 6) is -0.571. The third kappa shape index (κ3) is 8.60. The number of hydrogen-bond donors (Lipinski definition) is 1. The standard InChI is InChI=1S/C24H30ClF3N4O4S/c1-5-7-9-18(17(3)4)37(34,35)31-21(33)16-19(25)29-20(8-6-2)32-14-10-22(30-32)36-15-13-23(11-12-23)24(26,27)28/h5,7-10,14H,3,6,11-13,15-16H2,1-2,4H3,(H,31,33)/b7-5-,18-9+,20-8+,29-19+. The number of carbonyl (C=O) groups excluding carboxylic acids is 1.